The Hall–Kier alpha value is -0.700. The van der Waals surface area contributed by atoms with Gasteiger partial charge in [-0.25, -0.2) is 0 Å². The molecule has 3 heteroatoms. The van der Waals surface area contributed by atoms with Crippen molar-refractivity contribution < 1.29 is 9.90 Å². The van der Waals surface area contributed by atoms with Crippen LogP contribution in [0.2, 0.25) is 0 Å². The number of aliphatic carboxylic acids is 1. The van der Waals surface area contributed by atoms with E-state index < -0.39 is 5.97 Å². The van der Waals surface area contributed by atoms with Crippen LogP contribution in [0.4, 0.5) is 0 Å². The maximum absolute atomic E-state index is 10.2. The van der Waals surface area contributed by atoms with Gasteiger partial charge in [0.2, 0.25) is 0 Å². The second kappa shape index (κ2) is 12.4. The van der Waals surface area contributed by atoms with Gasteiger partial charge in [-0.2, -0.15) is 0 Å². The fourth-order valence-corrected chi connectivity index (χ4v) is 1.91. The van der Waals surface area contributed by atoms with E-state index in [2.05, 4.69) is 30.6 Å². The minimum Gasteiger partial charge on any atom is -0.481 e. The lowest BCUT2D eigenvalue weighted by atomic mass is 10.2. The first kappa shape index (κ1) is 15.3. The zero-order valence-corrected chi connectivity index (χ0v) is 10.8. The van der Waals surface area contributed by atoms with E-state index in [-0.39, 0.29) is 0 Å². The van der Waals surface area contributed by atoms with Crippen molar-refractivity contribution in [2.45, 2.75) is 45.4 Å². The van der Waals surface area contributed by atoms with Crippen molar-refractivity contribution in [3.8, 4) is 0 Å². The molecule has 0 radical (unpaired) electrons. The summed E-state index contributed by atoms with van der Waals surface area (Å²) in [5, 5.41) is 10.6. The molecule has 16 heavy (non-hydrogen) atoms. The third-order valence-electron chi connectivity index (χ3n) is 2.06. The van der Waals surface area contributed by atoms with E-state index in [1.165, 1.54) is 6.42 Å². The van der Waals surface area contributed by atoms with Crippen LogP contribution in [-0.4, -0.2) is 16.8 Å². The van der Waals surface area contributed by atoms with Crippen LogP contribution in [0, 0.1) is 0 Å². The summed E-state index contributed by atoms with van der Waals surface area (Å²) in [6, 6.07) is 0. The van der Waals surface area contributed by atoms with Crippen LogP contribution < -0.4 is 0 Å². The van der Waals surface area contributed by atoms with Crippen LogP contribution in [0.3, 0.4) is 0 Å². The van der Waals surface area contributed by atoms with E-state index in [1.807, 2.05) is 11.8 Å². The van der Waals surface area contributed by atoms with Gasteiger partial charge in [-0.05, 0) is 30.4 Å². The third kappa shape index (κ3) is 13.3. The Morgan fingerprint density at radius 3 is 2.62 bits per heavy atom. The van der Waals surface area contributed by atoms with E-state index in [1.54, 1.807) is 0 Å². The van der Waals surface area contributed by atoms with Crippen molar-refractivity contribution in [2.75, 3.05) is 5.75 Å². The Balaban J connectivity index is 3.12. The maximum atomic E-state index is 10.2. The Kier molecular flexibility index (Phi) is 11.8. The molecular weight excluding hydrogens is 220 g/mol. The van der Waals surface area contributed by atoms with Crippen LogP contribution in [-0.2, 0) is 4.79 Å². The Labute approximate surface area is 103 Å². The predicted molar refractivity (Wildman–Crippen MR) is 71.7 cm³/mol. The molecule has 0 aliphatic heterocycles. The van der Waals surface area contributed by atoms with E-state index in [4.69, 9.17) is 5.11 Å². The van der Waals surface area contributed by atoms with Crippen molar-refractivity contribution in [3.63, 3.8) is 0 Å². The van der Waals surface area contributed by atoms with Crippen molar-refractivity contribution in [1.29, 1.82) is 0 Å². The molecule has 0 saturated heterocycles. The van der Waals surface area contributed by atoms with Gasteiger partial charge in [0, 0.05) is 6.42 Å². The van der Waals surface area contributed by atoms with Gasteiger partial charge in [0.1, 0.15) is 0 Å². The van der Waals surface area contributed by atoms with Gasteiger partial charge in [0.25, 0.3) is 0 Å². The summed E-state index contributed by atoms with van der Waals surface area (Å²) in [6.45, 7) is 2.12. The molecule has 0 spiro atoms. The zero-order chi connectivity index (χ0) is 12.1. The molecule has 0 rings (SSSR count). The van der Waals surface area contributed by atoms with Gasteiger partial charge < -0.3 is 5.11 Å². The van der Waals surface area contributed by atoms with Crippen LogP contribution in [0.25, 0.3) is 0 Å². The smallest absolute Gasteiger partial charge is 0.303 e. The molecule has 0 amide bonds. The normalized spacial score (nSPS) is 11.6. The van der Waals surface area contributed by atoms with E-state index in [9.17, 15) is 4.79 Å². The Morgan fingerprint density at radius 2 is 1.94 bits per heavy atom. The summed E-state index contributed by atoms with van der Waals surface area (Å²) in [4.78, 5) is 10.2. The molecule has 0 aromatic rings. The lowest BCUT2D eigenvalue weighted by Gasteiger charge is -1.97. The van der Waals surface area contributed by atoms with Crippen LogP contribution in [0.15, 0.2) is 23.6 Å². The molecule has 0 unspecified atom stereocenters. The minimum absolute atomic E-state index is 0.314. The van der Waals surface area contributed by atoms with Gasteiger partial charge in [-0.1, -0.05) is 38.0 Å². The fourth-order valence-electron chi connectivity index (χ4n) is 1.20. The summed E-state index contributed by atoms with van der Waals surface area (Å²) in [5.41, 5.74) is 0. The summed E-state index contributed by atoms with van der Waals surface area (Å²) < 4.78 is 0. The molecule has 92 valence electrons. The molecule has 0 aromatic carbocycles. The molecule has 0 aliphatic carbocycles. The second-order valence-electron chi connectivity index (χ2n) is 3.59. The number of hydrogen-bond donors (Lipinski definition) is 1. The first-order valence-corrected chi connectivity index (χ1v) is 6.97. The monoisotopic (exact) mass is 242 g/mol. The van der Waals surface area contributed by atoms with Crippen molar-refractivity contribution in [2.24, 2.45) is 0 Å². The fraction of sp³-hybridized carbons (Fsp3) is 0.615. The number of unbranched alkanes of at least 4 members (excludes halogenated alkanes) is 3. The van der Waals surface area contributed by atoms with Crippen LogP contribution in [0.5, 0.6) is 0 Å². The lowest BCUT2D eigenvalue weighted by Crippen LogP contribution is -1.93. The van der Waals surface area contributed by atoms with Crippen LogP contribution in [0.1, 0.15) is 45.4 Å². The Morgan fingerprint density at radius 1 is 1.19 bits per heavy atom. The molecule has 0 heterocycles. The predicted octanol–water partition coefficient (Wildman–Crippen LogP) is 4.23. The summed E-state index contributed by atoms with van der Waals surface area (Å²) >= 11 is 1.82. The third-order valence-corrected chi connectivity index (χ3v) is 2.93. The largest absolute Gasteiger partial charge is 0.481 e. The van der Waals surface area contributed by atoms with Gasteiger partial charge in [-0.3, -0.25) is 4.79 Å². The molecule has 0 saturated carbocycles. The second-order valence-corrected chi connectivity index (χ2v) is 4.61. The molecule has 0 atom stereocenters. The maximum Gasteiger partial charge on any atom is 0.303 e. The van der Waals surface area contributed by atoms with Gasteiger partial charge >= 0.3 is 5.97 Å². The molecular formula is C13H22O2S. The molecule has 0 aliphatic rings. The summed E-state index contributed by atoms with van der Waals surface area (Å²) in [7, 11) is 0. The van der Waals surface area contributed by atoms with Crippen LogP contribution >= 0.6 is 11.8 Å². The van der Waals surface area contributed by atoms with E-state index >= 15 is 0 Å². The highest BCUT2D eigenvalue weighted by Gasteiger charge is 1.95. The van der Waals surface area contributed by atoms with Crippen molar-refractivity contribution in [3.05, 3.63) is 23.6 Å². The number of carboxylic acids is 1. The topological polar surface area (TPSA) is 37.3 Å². The molecule has 2 nitrogen and oxygen atoms in total. The molecule has 0 bridgehead atoms. The lowest BCUT2D eigenvalue weighted by molar-refractivity contribution is -0.137. The van der Waals surface area contributed by atoms with Crippen molar-refractivity contribution >= 4 is 17.7 Å². The number of carboxylic acid groups (broad SMARTS) is 1. The molecule has 0 fully saturated rings. The molecule has 1 N–H and O–H groups in total. The average Bonchev–Trinajstić information content (AvgIpc) is 2.25. The quantitative estimate of drug-likeness (QED) is 0.460. The number of thioether (sulfide) groups is 1. The highest BCUT2D eigenvalue weighted by Crippen LogP contribution is 2.09. The van der Waals surface area contributed by atoms with Gasteiger partial charge in [0.05, 0.1) is 0 Å². The van der Waals surface area contributed by atoms with E-state index in [0.717, 1.165) is 31.4 Å². The van der Waals surface area contributed by atoms with Crippen molar-refractivity contribution in [1.82, 2.24) is 0 Å². The first-order valence-electron chi connectivity index (χ1n) is 5.92. The SMILES string of the molecule is CCC=CC=CSCCCCCCC(=O)O. The highest BCUT2D eigenvalue weighted by molar-refractivity contribution is 8.02. The number of allylic oxidation sites excluding steroid dienone is 3. The zero-order valence-electron chi connectivity index (χ0n) is 10.0. The standard InChI is InChI=1S/C13H22O2S/c1-2-3-4-8-11-16-12-9-6-5-7-10-13(14)15/h3-4,8,11H,2,5-7,9-10,12H2,1H3,(H,14,15). The average molecular weight is 242 g/mol. The van der Waals surface area contributed by atoms with E-state index in [0.29, 0.717) is 6.42 Å². The summed E-state index contributed by atoms with van der Waals surface area (Å²) in [5.74, 6) is 0.448. The Bertz CT molecular complexity index is 222. The minimum atomic E-state index is -0.681. The highest BCUT2D eigenvalue weighted by atomic mass is 32.2. The van der Waals surface area contributed by atoms with Gasteiger partial charge in [0.15, 0.2) is 0 Å². The molecule has 0 aromatic heterocycles. The number of rotatable bonds is 10. The number of hydrogen-bond acceptors (Lipinski definition) is 2. The summed E-state index contributed by atoms with van der Waals surface area (Å²) in [6.07, 6.45) is 11.8. The first-order chi connectivity index (χ1) is 7.77. The number of carbonyl (C=O) groups is 1. The van der Waals surface area contributed by atoms with Gasteiger partial charge in [-0.15, -0.1) is 11.8 Å².